The summed E-state index contributed by atoms with van der Waals surface area (Å²) < 4.78 is 34.4. The van der Waals surface area contributed by atoms with Gasteiger partial charge in [-0.25, -0.2) is 8.42 Å². The van der Waals surface area contributed by atoms with Gasteiger partial charge < -0.3 is 14.5 Å². The largest absolute Gasteiger partial charge is 0.467 e. The zero-order chi connectivity index (χ0) is 17.0. The minimum absolute atomic E-state index is 0.0891. The van der Waals surface area contributed by atoms with Crippen LogP contribution in [0, 0.1) is 0 Å². The van der Waals surface area contributed by atoms with Crippen LogP contribution in [0.1, 0.15) is 25.0 Å². The van der Waals surface area contributed by atoms with Gasteiger partial charge in [0, 0.05) is 19.2 Å². The molecule has 7 nitrogen and oxygen atoms in total. The highest BCUT2D eigenvalue weighted by molar-refractivity contribution is 7.91. The number of nitrogens with zero attached hydrogens (tertiary/aromatic N) is 1. The van der Waals surface area contributed by atoms with Gasteiger partial charge >= 0.3 is 0 Å². The lowest BCUT2D eigenvalue weighted by molar-refractivity contribution is -0.123. The minimum atomic E-state index is -2.99. The van der Waals surface area contributed by atoms with Crippen LogP contribution in [0.3, 0.4) is 0 Å². The lowest BCUT2D eigenvalue weighted by Crippen LogP contribution is -2.46. The van der Waals surface area contributed by atoms with E-state index in [9.17, 15) is 13.2 Å². The summed E-state index contributed by atoms with van der Waals surface area (Å²) in [6.45, 7) is 1.86. The molecule has 2 atom stereocenters. The molecule has 134 valence electrons. The summed E-state index contributed by atoms with van der Waals surface area (Å²) in [5, 5.41) is 2.82. The molecule has 0 aliphatic carbocycles. The maximum absolute atomic E-state index is 12.3. The van der Waals surface area contributed by atoms with E-state index in [2.05, 4.69) is 5.32 Å². The van der Waals surface area contributed by atoms with Gasteiger partial charge in [0.1, 0.15) is 5.76 Å². The zero-order valence-electron chi connectivity index (χ0n) is 13.6. The second-order valence-corrected chi connectivity index (χ2v) is 8.71. The summed E-state index contributed by atoms with van der Waals surface area (Å²) in [7, 11) is -2.99. The third-order valence-corrected chi connectivity index (χ3v) is 6.32. The Bertz CT molecular complexity index is 637. The van der Waals surface area contributed by atoms with E-state index in [4.69, 9.17) is 9.15 Å². The van der Waals surface area contributed by atoms with Crippen molar-refractivity contribution < 1.29 is 22.4 Å². The molecule has 2 fully saturated rings. The van der Waals surface area contributed by atoms with Crippen molar-refractivity contribution in [2.45, 2.75) is 38.0 Å². The Morgan fingerprint density at radius 2 is 2.25 bits per heavy atom. The second-order valence-electron chi connectivity index (χ2n) is 6.48. The second kappa shape index (κ2) is 7.67. The Balaban J connectivity index is 1.57. The van der Waals surface area contributed by atoms with E-state index in [1.54, 1.807) is 18.4 Å². The van der Waals surface area contributed by atoms with Gasteiger partial charge in [-0.3, -0.25) is 9.69 Å². The van der Waals surface area contributed by atoms with Crippen molar-refractivity contribution in [3.8, 4) is 0 Å². The SMILES string of the molecule is O=C(CN(CC1CCCO1)C1CCS(=O)(=O)C1)NCc1ccco1. The number of carbonyl (C=O) groups is 1. The number of hydrogen-bond donors (Lipinski definition) is 1. The molecule has 0 saturated carbocycles. The molecule has 2 saturated heterocycles. The third-order valence-electron chi connectivity index (χ3n) is 4.57. The summed E-state index contributed by atoms with van der Waals surface area (Å²) in [4.78, 5) is 14.2. The fourth-order valence-electron chi connectivity index (χ4n) is 3.30. The van der Waals surface area contributed by atoms with Crippen LogP contribution in [-0.2, 0) is 25.9 Å². The molecule has 8 heteroatoms. The van der Waals surface area contributed by atoms with E-state index >= 15 is 0 Å². The van der Waals surface area contributed by atoms with Crippen LogP contribution in [0.25, 0.3) is 0 Å². The first-order valence-corrected chi connectivity index (χ1v) is 10.2. The van der Waals surface area contributed by atoms with Crippen LogP contribution in [0.2, 0.25) is 0 Å². The minimum Gasteiger partial charge on any atom is -0.467 e. The van der Waals surface area contributed by atoms with Gasteiger partial charge in [0.2, 0.25) is 5.91 Å². The van der Waals surface area contributed by atoms with Crippen LogP contribution in [-0.4, -0.2) is 62.6 Å². The lowest BCUT2D eigenvalue weighted by Gasteiger charge is -2.29. The quantitative estimate of drug-likeness (QED) is 0.768. The van der Waals surface area contributed by atoms with Crippen LogP contribution >= 0.6 is 0 Å². The molecule has 1 amide bonds. The summed E-state index contributed by atoms with van der Waals surface area (Å²) in [5.74, 6) is 0.893. The Labute approximate surface area is 142 Å². The number of amides is 1. The summed E-state index contributed by atoms with van der Waals surface area (Å²) >= 11 is 0. The number of sulfone groups is 1. The first-order valence-electron chi connectivity index (χ1n) is 8.37. The number of furan rings is 1. The highest BCUT2D eigenvalue weighted by Gasteiger charge is 2.34. The molecule has 0 bridgehead atoms. The molecular weight excluding hydrogens is 332 g/mol. The van der Waals surface area contributed by atoms with Gasteiger partial charge in [0.05, 0.1) is 37.0 Å². The van der Waals surface area contributed by atoms with Crippen LogP contribution in [0.15, 0.2) is 22.8 Å². The normalized spacial score (nSPS) is 26.0. The third kappa shape index (κ3) is 4.81. The fraction of sp³-hybridized carbons (Fsp3) is 0.688. The van der Waals surface area contributed by atoms with E-state index in [0.717, 1.165) is 19.4 Å². The van der Waals surface area contributed by atoms with Crippen molar-refractivity contribution in [2.75, 3.05) is 31.2 Å². The van der Waals surface area contributed by atoms with Gasteiger partial charge in [-0.15, -0.1) is 0 Å². The highest BCUT2D eigenvalue weighted by Crippen LogP contribution is 2.21. The maximum Gasteiger partial charge on any atom is 0.234 e. The molecule has 24 heavy (non-hydrogen) atoms. The molecule has 3 rings (SSSR count). The van der Waals surface area contributed by atoms with Crippen molar-refractivity contribution in [1.29, 1.82) is 0 Å². The van der Waals surface area contributed by atoms with Crippen molar-refractivity contribution >= 4 is 15.7 Å². The van der Waals surface area contributed by atoms with Gasteiger partial charge in [0.15, 0.2) is 9.84 Å². The molecule has 0 aromatic carbocycles. The predicted octanol–water partition coefficient (Wildman–Crippen LogP) is 0.564. The van der Waals surface area contributed by atoms with E-state index < -0.39 is 9.84 Å². The van der Waals surface area contributed by atoms with Gasteiger partial charge in [-0.2, -0.15) is 0 Å². The van der Waals surface area contributed by atoms with E-state index in [-0.39, 0.29) is 36.1 Å². The van der Waals surface area contributed by atoms with Crippen molar-refractivity contribution in [1.82, 2.24) is 10.2 Å². The number of nitrogens with one attached hydrogen (secondary N) is 1. The molecular formula is C16H24N2O5S. The molecule has 0 radical (unpaired) electrons. The Morgan fingerprint density at radius 1 is 1.38 bits per heavy atom. The zero-order valence-corrected chi connectivity index (χ0v) is 14.5. The van der Waals surface area contributed by atoms with E-state index in [1.165, 1.54) is 0 Å². The van der Waals surface area contributed by atoms with Crippen LogP contribution < -0.4 is 5.32 Å². The number of rotatable bonds is 7. The summed E-state index contributed by atoms with van der Waals surface area (Å²) in [6, 6.07) is 3.47. The molecule has 2 aliphatic heterocycles. The van der Waals surface area contributed by atoms with Crippen molar-refractivity contribution in [3.05, 3.63) is 24.2 Å². The molecule has 2 unspecified atom stereocenters. The van der Waals surface area contributed by atoms with Crippen LogP contribution in [0.4, 0.5) is 0 Å². The van der Waals surface area contributed by atoms with Crippen molar-refractivity contribution in [2.24, 2.45) is 0 Å². The summed E-state index contributed by atoms with van der Waals surface area (Å²) in [5.41, 5.74) is 0. The number of ether oxygens (including phenoxy) is 1. The van der Waals surface area contributed by atoms with Gasteiger partial charge in [0.25, 0.3) is 0 Å². The monoisotopic (exact) mass is 356 g/mol. The molecule has 1 N–H and O–H groups in total. The first-order chi connectivity index (χ1) is 11.5. The Kier molecular flexibility index (Phi) is 5.57. The van der Waals surface area contributed by atoms with Gasteiger partial charge in [-0.05, 0) is 31.4 Å². The van der Waals surface area contributed by atoms with Crippen molar-refractivity contribution in [3.63, 3.8) is 0 Å². The maximum atomic E-state index is 12.3. The average molecular weight is 356 g/mol. The average Bonchev–Trinajstić information content (AvgIpc) is 3.26. The topological polar surface area (TPSA) is 88.8 Å². The number of carbonyl (C=O) groups excluding carboxylic acids is 1. The molecule has 3 heterocycles. The summed E-state index contributed by atoms with van der Waals surface area (Å²) in [6.07, 6.45) is 4.22. The highest BCUT2D eigenvalue weighted by atomic mass is 32.2. The lowest BCUT2D eigenvalue weighted by atomic mass is 10.1. The smallest absolute Gasteiger partial charge is 0.234 e. The van der Waals surface area contributed by atoms with Crippen LogP contribution in [0.5, 0.6) is 0 Å². The molecule has 2 aliphatic rings. The Hall–Kier alpha value is -1.38. The van der Waals surface area contributed by atoms with E-state index in [1.807, 2.05) is 4.90 Å². The number of hydrogen-bond acceptors (Lipinski definition) is 6. The molecule has 1 aromatic heterocycles. The Morgan fingerprint density at radius 3 is 2.88 bits per heavy atom. The molecule has 0 spiro atoms. The van der Waals surface area contributed by atoms with Gasteiger partial charge in [-0.1, -0.05) is 0 Å². The predicted molar refractivity (Wildman–Crippen MR) is 88.2 cm³/mol. The standard InChI is InChI=1S/C16H24N2O5S/c19-16(17-9-14-3-1-6-22-14)11-18(10-15-4-2-7-23-15)13-5-8-24(20,21)12-13/h1,3,6,13,15H,2,4-5,7-12H2,(H,17,19). The first kappa shape index (κ1) is 17.4. The van der Waals surface area contributed by atoms with E-state index in [0.29, 0.717) is 25.3 Å². The fourth-order valence-corrected chi connectivity index (χ4v) is 5.06. The molecule has 1 aromatic rings.